The third kappa shape index (κ3) is 4.22. The van der Waals surface area contributed by atoms with Crippen molar-refractivity contribution in [2.45, 2.75) is 26.4 Å². The van der Waals surface area contributed by atoms with E-state index >= 15 is 0 Å². The number of aliphatic hydroxyl groups is 1. The van der Waals surface area contributed by atoms with Crippen molar-refractivity contribution in [3.05, 3.63) is 52.5 Å². The Kier molecular flexibility index (Phi) is 5.65. The number of para-hydroxylation sites is 2. The molecule has 1 atom stereocenters. The van der Waals surface area contributed by atoms with E-state index in [4.69, 9.17) is 9.47 Å². The number of halogens is 1. The van der Waals surface area contributed by atoms with Gasteiger partial charge in [-0.3, -0.25) is 0 Å². The maximum atomic E-state index is 9.89. The first-order valence-electron chi connectivity index (χ1n) is 6.99. The second-order valence-corrected chi connectivity index (χ2v) is 5.67. The lowest BCUT2D eigenvalue weighted by Gasteiger charge is -2.16. The number of benzene rings is 2. The molecule has 0 aliphatic heterocycles. The van der Waals surface area contributed by atoms with E-state index in [1.54, 1.807) is 6.92 Å². The van der Waals surface area contributed by atoms with Gasteiger partial charge in [-0.2, -0.15) is 0 Å². The summed E-state index contributed by atoms with van der Waals surface area (Å²) in [5.41, 5.74) is 0.731. The Morgan fingerprint density at radius 2 is 1.81 bits per heavy atom. The van der Waals surface area contributed by atoms with Gasteiger partial charge in [-0.25, -0.2) is 0 Å². The minimum atomic E-state index is -0.610. The minimum Gasteiger partial charge on any atom is -0.490 e. The number of hydrogen-bond acceptors (Lipinski definition) is 3. The Bertz CT molecular complexity index is 596. The van der Waals surface area contributed by atoms with Gasteiger partial charge in [0.25, 0.3) is 0 Å². The zero-order valence-corrected chi connectivity index (χ0v) is 13.8. The first kappa shape index (κ1) is 15.9. The summed E-state index contributed by atoms with van der Waals surface area (Å²) in [6.45, 7) is 4.42. The third-order valence-electron chi connectivity index (χ3n) is 2.95. The quantitative estimate of drug-likeness (QED) is 0.788. The van der Waals surface area contributed by atoms with Crippen LogP contribution in [0.1, 0.15) is 31.9 Å². The van der Waals surface area contributed by atoms with Crippen molar-refractivity contribution in [3.8, 4) is 17.2 Å². The van der Waals surface area contributed by atoms with Crippen LogP contribution in [0.25, 0.3) is 0 Å². The maximum Gasteiger partial charge on any atom is 0.169 e. The van der Waals surface area contributed by atoms with E-state index in [0.29, 0.717) is 23.9 Å². The molecular weight excluding hydrogens is 332 g/mol. The molecule has 0 radical (unpaired) electrons. The van der Waals surface area contributed by atoms with Crippen LogP contribution < -0.4 is 9.47 Å². The second kappa shape index (κ2) is 7.48. The fraction of sp³-hybridized carbons (Fsp3) is 0.294. The molecule has 0 spiro atoms. The van der Waals surface area contributed by atoms with E-state index in [-0.39, 0.29) is 0 Å². The molecule has 0 aliphatic rings. The van der Waals surface area contributed by atoms with Gasteiger partial charge in [0.05, 0.1) is 12.7 Å². The van der Waals surface area contributed by atoms with Gasteiger partial charge >= 0.3 is 0 Å². The molecule has 0 aromatic heterocycles. The summed E-state index contributed by atoms with van der Waals surface area (Å²) in [4.78, 5) is 0. The Morgan fingerprint density at radius 1 is 1.10 bits per heavy atom. The van der Waals surface area contributed by atoms with Gasteiger partial charge in [-0.15, -0.1) is 0 Å². The Hall–Kier alpha value is -1.52. The summed E-state index contributed by atoms with van der Waals surface area (Å²) >= 11 is 3.41. The fourth-order valence-electron chi connectivity index (χ4n) is 1.92. The lowest BCUT2D eigenvalue weighted by atomic mass is 10.1. The highest BCUT2D eigenvalue weighted by molar-refractivity contribution is 9.10. The van der Waals surface area contributed by atoms with Gasteiger partial charge < -0.3 is 14.6 Å². The molecule has 2 aromatic rings. The normalized spacial score (nSPS) is 12.0. The second-order valence-electron chi connectivity index (χ2n) is 4.76. The molecular formula is C17H19BrO3. The highest BCUT2D eigenvalue weighted by atomic mass is 79.9. The fourth-order valence-corrected chi connectivity index (χ4v) is 2.30. The molecule has 0 fully saturated rings. The Balaban J connectivity index is 2.30. The first-order chi connectivity index (χ1) is 10.1. The van der Waals surface area contributed by atoms with Crippen molar-refractivity contribution in [2.24, 2.45) is 0 Å². The van der Waals surface area contributed by atoms with E-state index in [1.807, 2.05) is 42.5 Å². The van der Waals surface area contributed by atoms with Crippen LogP contribution in [-0.2, 0) is 0 Å². The summed E-state index contributed by atoms with van der Waals surface area (Å²) in [5.74, 6) is 1.98. The van der Waals surface area contributed by atoms with Gasteiger partial charge in [0.2, 0.25) is 0 Å². The topological polar surface area (TPSA) is 38.7 Å². The molecule has 0 bridgehead atoms. The van der Waals surface area contributed by atoms with Crippen molar-refractivity contribution < 1.29 is 14.6 Å². The highest BCUT2D eigenvalue weighted by Crippen LogP contribution is 2.36. The maximum absolute atomic E-state index is 9.89. The van der Waals surface area contributed by atoms with Crippen molar-refractivity contribution in [2.75, 3.05) is 6.61 Å². The smallest absolute Gasteiger partial charge is 0.169 e. The van der Waals surface area contributed by atoms with Gasteiger partial charge in [0, 0.05) is 10.0 Å². The molecule has 2 rings (SSSR count). The Labute approximate surface area is 133 Å². The molecule has 0 aliphatic carbocycles. The third-order valence-corrected chi connectivity index (χ3v) is 3.45. The minimum absolute atomic E-state index is 0.610. The summed E-state index contributed by atoms with van der Waals surface area (Å²) in [6.07, 6.45) is 0.326. The average Bonchev–Trinajstić information content (AvgIpc) is 2.48. The summed E-state index contributed by atoms with van der Waals surface area (Å²) in [6, 6.07) is 13.1. The van der Waals surface area contributed by atoms with Crippen molar-refractivity contribution in [3.63, 3.8) is 0 Å². The largest absolute Gasteiger partial charge is 0.490 e. The molecule has 0 saturated carbocycles. The predicted octanol–water partition coefficient (Wildman–Crippen LogP) is 5.08. The number of ether oxygens (including phenoxy) is 2. The van der Waals surface area contributed by atoms with E-state index in [1.165, 1.54) is 0 Å². The lowest BCUT2D eigenvalue weighted by Crippen LogP contribution is -1.99. The highest BCUT2D eigenvalue weighted by Gasteiger charge is 2.13. The van der Waals surface area contributed by atoms with E-state index in [9.17, 15) is 5.11 Å². The summed E-state index contributed by atoms with van der Waals surface area (Å²) < 4.78 is 12.5. The van der Waals surface area contributed by atoms with Gasteiger partial charge in [-0.1, -0.05) is 35.0 Å². The number of rotatable bonds is 6. The average molecular weight is 351 g/mol. The lowest BCUT2D eigenvalue weighted by molar-refractivity contribution is 0.195. The molecule has 2 aromatic carbocycles. The van der Waals surface area contributed by atoms with Crippen LogP contribution in [0.15, 0.2) is 46.9 Å². The standard InChI is InChI=1S/C17H19BrO3/c1-3-10-20-16-6-4-5-7-17(16)21-15-9-8-13(18)11-14(15)12(2)19/h4-9,11-12,19H,3,10H2,1-2H3. The van der Waals surface area contributed by atoms with Crippen LogP contribution in [0, 0.1) is 0 Å². The SMILES string of the molecule is CCCOc1ccccc1Oc1ccc(Br)cc1C(C)O. The number of aliphatic hydroxyl groups excluding tert-OH is 1. The molecule has 1 unspecified atom stereocenters. The molecule has 0 heterocycles. The van der Waals surface area contributed by atoms with Gasteiger partial charge in [-0.05, 0) is 43.7 Å². The summed E-state index contributed by atoms with van der Waals surface area (Å²) in [5, 5.41) is 9.89. The molecule has 1 N–H and O–H groups in total. The van der Waals surface area contributed by atoms with Gasteiger partial charge in [0.1, 0.15) is 5.75 Å². The van der Waals surface area contributed by atoms with Gasteiger partial charge in [0.15, 0.2) is 11.5 Å². The Morgan fingerprint density at radius 3 is 2.48 bits per heavy atom. The zero-order valence-electron chi connectivity index (χ0n) is 12.2. The van der Waals surface area contributed by atoms with Crippen LogP contribution in [0.2, 0.25) is 0 Å². The van der Waals surface area contributed by atoms with Crippen LogP contribution in [0.3, 0.4) is 0 Å². The number of hydrogen-bond donors (Lipinski definition) is 1. The zero-order chi connectivity index (χ0) is 15.2. The molecule has 0 amide bonds. The molecule has 21 heavy (non-hydrogen) atoms. The van der Waals surface area contributed by atoms with Crippen molar-refractivity contribution in [1.29, 1.82) is 0 Å². The van der Waals surface area contributed by atoms with Crippen LogP contribution in [0.4, 0.5) is 0 Å². The predicted molar refractivity (Wildman–Crippen MR) is 87.1 cm³/mol. The van der Waals surface area contributed by atoms with Crippen molar-refractivity contribution in [1.82, 2.24) is 0 Å². The van der Waals surface area contributed by atoms with Crippen LogP contribution in [-0.4, -0.2) is 11.7 Å². The monoisotopic (exact) mass is 350 g/mol. The molecule has 4 heteroatoms. The van der Waals surface area contributed by atoms with E-state index < -0.39 is 6.10 Å². The molecule has 0 saturated heterocycles. The van der Waals surface area contributed by atoms with E-state index in [2.05, 4.69) is 22.9 Å². The van der Waals surface area contributed by atoms with E-state index in [0.717, 1.165) is 16.5 Å². The molecule has 112 valence electrons. The molecule has 3 nitrogen and oxygen atoms in total. The summed E-state index contributed by atoms with van der Waals surface area (Å²) in [7, 11) is 0. The van der Waals surface area contributed by atoms with Crippen LogP contribution >= 0.6 is 15.9 Å². The first-order valence-corrected chi connectivity index (χ1v) is 7.78. The van der Waals surface area contributed by atoms with Crippen molar-refractivity contribution >= 4 is 15.9 Å². The van der Waals surface area contributed by atoms with Crippen LogP contribution in [0.5, 0.6) is 17.2 Å².